The Morgan fingerprint density at radius 3 is 2.38 bits per heavy atom. The van der Waals surface area contributed by atoms with Gasteiger partial charge in [0.15, 0.2) is 0 Å². The average Bonchev–Trinajstić information content (AvgIpc) is 3.24. The van der Waals surface area contributed by atoms with E-state index in [0.717, 1.165) is 44.6 Å². The van der Waals surface area contributed by atoms with E-state index in [1.165, 1.54) is 16.7 Å². The first-order valence-corrected chi connectivity index (χ1v) is 12.9. The number of hydrogen-bond acceptors (Lipinski definition) is 8. The molecule has 0 atom stereocenters. The molecule has 0 radical (unpaired) electrons. The standard InChI is InChI=1S/C29H33N7O/c37-25-13-11-22(12-14-25)15-17-31-27-33-28(35-29(34-27)36-19-6-16-30-18-20-36)32-21-24-9-4-5-10-26(24)23-7-2-1-3-8-23/h1-5,7-14,30,37H,6,15-21H2,(H2,31,32,33,34,35). The Hall–Kier alpha value is -4.17. The van der Waals surface area contributed by atoms with Crippen LogP contribution in [0.25, 0.3) is 11.1 Å². The zero-order chi connectivity index (χ0) is 25.3. The van der Waals surface area contributed by atoms with Crippen molar-refractivity contribution in [2.45, 2.75) is 19.4 Å². The fourth-order valence-electron chi connectivity index (χ4n) is 4.44. The molecule has 8 nitrogen and oxygen atoms in total. The normalized spacial score (nSPS) is 13.7. The van der Waals surface area contributed by atoms with Gasteiger partial charge in [-0.2, -0.15) is 15.0 Å². The highest BCUT2D eigenvalue weighted by Crippen LogP contribution is 2.24. The Kier molecular flexibility index (Phi) is 8.07. The van der Waals surface area contributed by atoms with E-state index < -0.39 is 0 Å². The van der Waals surface area contributed by atoms with Gasteiger partial charge in [-0.1, -0.05) is 66.7 Å². The summed E-state index contributed by atoms with van der Waals surface area (Å²) < 4.78 is 0. The van der Waals surface area contributed by atoms with Crippen LogP contribution in [0.5, 0.6) is 5.75 Å². The van der Waals surface area contributed by atoms with Crippen molar-refractivity contribution in [3.05, 3.63) is 90.0 Å². The lowest BCUT2D eigenvalue weighted by Gasteiger charge is -2.21. The number of nitrogens with zero attached hydrogens (tertiary/aromatic N) is 4. The van der Waals surface area contributed by atoms with Crippen LogP contribution >= 0.6 is 0 Å². The molecule has 190 valence electrons. The van der Waals surface area contributed by atoms with Crippen LogP contribution < -0.4 is 20.9 Å². The summed E-state index contributed by atoms with van der Waals surface area (Å²) in [5, 5.41) is 19.8. The van der Waals surface area contributed by atoms with Crippen molar-refractivity contribution in [3.8, 4) is 16.9 Å². The molecule has 0 spiro atoms. The largest absolute Gasteiger partial charge is 0.508 e. The van der Waals surface area contributed by atoms with E-state index in [-0.39, 0.29) is 5.75 Å². The summed E-state index contributed by atoms with van der Waals surface area (Å²) in [5.41, 5.74) is 4.69. The van der Waals surface area contributed by atoms with Crippen LogP contribution in [-0.4, -0.2) is 52.8 Å². The average molecular weight is 496 g/mol. The van der Waals surface area contributed by atoms with Crippen molar-refractivity contribution in [1.82, 2.24) is 20.3 Å². The van der Waals surface area contributed by atoms with Crippen molar-refractivity contribution in [1.29, 1.82) is 0 Å². The maximum atomic E-state index is 9.52. The second-order valence-corrected chi connectivity index (χ2v) is 9.09. The van der Waals surface area contributed by atoms with Gasteiger partial charge in [0.2, 0.25) is 17.8 Å². The molecule has 8 heteroatoms. The van der Waals surface area contributed by atoms with Gasteiger partial charge < -0.3 is 26.0 Å². The fraction of sp³-hybridized carbons (Fsp3) is 0.276. The SMILES string of the molecule is Oc1ccc(CCNc2nc(NCc3ccccc3-c3ccccc3)nc(N3CCCNCC3)n2)cc1. The topological polar surface area (TPSA) is 98.2 Å². The number of phenols is 1. The van der Waals surface area contributed by atoms with Crippen LogP contribution in [0.15, 0.2) is 78.9 Å². The van der Waals surface area contributed by atoms with E-state index in [1.807, 2.05) is 18.2 Å². The van der Waals surface area contributed by atoms with Crippen LogP contribution in [0.4, 0.5) is 17.8 Å². The molecule has 0 unspecified atom stereocenters. The summed E-state index contributed by atoms with van der Waals surface area (Å²) in [6.07, 6.45) is 1.84. The minimum atomic E-state index is 0.273. The summed E-state index contributed by atoms with van der Waals surface area (Å²) in [6, 6.07) is 26.1. The Balaban J connectivity index is 1.34. The molecule has 2 heterocycles. The molecule has 4 aromatic rings. The molecular formula is C29H33N7O. The fourth-order valence-corrected chi connectivity index (χ4v) is 4.44. The quantitative estimate of drug-likeness (QED) is 0.273. The molecule has 37 heavy (non-hydrogen) atoms. The zero-order valence-corrected chi connectivity index (χ0v) is 20.9. The molecule has 0 saturated carbocycles. The molecule has 1 saturated heterocycles. The van der Waals surface area contributed by atoms with Crippen molar-refractivity contribution in [3.63, 3.8) is 0 Å². The molecule has 1 aromatic heterocycles. The molecule has 0 amide bonds. The number of phenolic OH excluding ortho intramolecular Hbond substituents is 1. The van der Waals surface area contributed by atoms with Crippen LogP contribution in [0, 0.1) is 0 Å². The minimum Gasteiger partial charge on any atom is -0.508 e. The van der Waals surface area contributed by atoms with Crippen LogP contribution in [0.2, 0.25) is 0 Å². The van der Waals surface area contributed by atoms with E-state index in [0.29, 0.717) is 30.9 Å². The number of aromatic hydroxyl groups is 1. The summed E-state index contributed by atoms with van der Waals surface area (Å²) in [4.78, 5) is 16.4. The predicted octanol–water partition coefficient (Wildman–Crippen LogP) is 4.31. The number of aromatic nitrogens is 3. The predicted molar refractivity (Wildman–Crippen MR) is 149 cm³/mol. The molecule has 3 aromatic carbocycles. The zero-order valence-electron chi connectivity index (χ0n) is 20.9. The first-order valence-electron chi connectivity index (χ1n) is 12.9. The Morgan fingerprint density at radius 1 is 0.784 bits per heavy atom. The van der Waals surface area contributed by atoms with E-state index in [2.05, 4.69) is 74.4 Å². The molecular weight excluding hydrogens is 462 g/mol. The summed E-state index contributed by atoms with van der Waals surface area (Å²) >= 11 is 0. The van der Waals surface area contributed by atoms with Gasteiger partial charge in [-0.15, -0.1) is 0 Å². The lowest BCUT2D eigenvalue weighted by molar-refractivity contribution is 0.475. The van der Waals surface area contributed by atoms with Crippen LogP contribution in [0.3, 0.4) is 0 Å². The van der Waals surface area contributed by atoms with Gasteiger partial charge in [0.1, 0.15) is 5.75 Å². The Labute approximate surface area is 217 Å². The van der Waals surface area contributed by atoms with E-state index in [9.17, 15) is 5.11 Å². The maximum Gasteiger partial charge on any atom is 0.232 e. The van der Waals surface area contributed by atoms with Gasteiger partial charge in [-0.05, 0) is 53.8 Å². The van der Waals surface area contributed by atoms with Gasteiger partial charge in [0.25, 0.3) is 0 Å². The monoisotopic (exact) mass is 495 g/mol. The molecule has 4 N–H and O–H groups in total. The van der Waals surface area contributed by atoms with Gasteiger partial charge in [-0.25, -0.2) is 0 Å². The van der Waals surface area contributed by atoms with Crippen LogP contribution in [-0.2, 0) is 13.0 Å². The lowest BCUT2D eigenvalue weighted by atomic mass is 10.00. The van der Waals surface area contributed by atoms with Crippen molar-refractivity contribution >= 4 is 17.8 Å². The number of benzene rings is 3. The number of rotatable bonds is 9. The maximum absolute atomic E-state index is 9.52. The smallest absolute Gasteiger partial charge is 0.232 e. The first kappa shape index (κ1) is 24.5. The third kappa shape index (κ3) is 6.74. The Bertz CT molecular complexity index is 1270. The molecule has 1 aliphatic rings. The summed E-state index contributed by atoms with van der Waals surface area (Å²) in [6.45, 7) is 4.94. The first-order chi connectivity index (χ1) is 18.2. The summed E-state index contributed by atoms with van der Waals surface area (Å²) in [5.74, 6) is 2.07. The molecule has 1 aliphatic heterocycles. The Morgan fingerprint density at radius 2 is 1.54 bits per heavy atom. The molecule has 1 fully saturated rings. The third-order valence-corrected chi connectivity index (χ3v) is 6.42. The minimum absolute atomic E-state index is 0.273. The number of hydrogen-bond donors (Lipinski definition) is 4. The highest BCUT2D eigenvalue weighted by Gasteiger charge is 2.16. The van der Waals surface area contributed by atoms with Crippen LogP contribution in [0.1, 0.15) is 17.5 Å². The van der Waals surface area contributed by atoms with Gasteiger partial charge in [-0.3, -0.25) is 0 Å². The van der Waals surface area contributed by atoms with Gasteiger partial charge >= 0.3 is 0 Å². The second kappa shape index (κ2) is 12.2. The van der Waals surface area contributed by atoms with Crippen molar-refractivity contribution < 1.29 is 5.11 Å². The molecule has 0 aliphatic carbocycles. The highest BCUT2D eigenvalue weighted by atomic mass is 16.3. The highest BCUT2D eigenvalue weighted by molar-refractivity contribution is 5.67. The lowest BCUT2D eigenvalue weighted by Crippen LogP contribution is -2.30. The second-order valence-electron chi connectivity index (χ2n) is 9.09. The van der Waals surface area contributed by atoms with Crippen molar-refractivity contribution in [2.75, 3.05) is 48.3 Å². The molecule has 5 rings (SSSR count). The van der Waals surface area contributed by atoms with E-state index in [1.54, 1.807) is 12.1 Å². The molecule has 0 bridgehead atoms. The van der Waals surface area contributed by atoms with Crippen molar-refractivity contribution in [2.24, 2.45) is 0 Å². The van der Waals surface area contributed by atoms with Gasteiger partial charge in [0, 0.05) is 32.7 Å². The van der Waals surface area contributed by atoms with E-state index >= 15 is 0 Å². The number of nitrogens with one attached hydrogen (secondary N) is 3. The summed E-state index contributed by atoms with van der Waals surface area (Å²) in [7, 11) is 0. The van der Waals surface area contributed by atoms with Gasteiger partial charge in [0.05, 0.1) is 0 Å². The van der Waals surface area contributed by atoms with E-state index in [4.69, 9.17) is 9.97 Å². The third-order valence-electron chi connectivity index (χ3n) is 6.42. The number of anilines is 3.